The average molecular weight is 264 g/mol. The minimum Gasteiger partial charge on any atom is -0.493 e. The molecule has 0 radical (unpaired) electrons. The number of hydrogen-bond acceptors (Lipinski definition) is 6. The number of nitrogen functional groups attached to an aromatic ring is 1. The van der Waals surface area contributed by atoms with Crippen LogP contribution in [0.25, 0.3) is 11.0 Å². The minimum atomic E-state index is -0.766. The van der Waals surface area contributed by atoms with E-state index in [0.717, 1.165) is 0 Å². The van der Waals surface area contributed by atoms with Gasteiger partial charge in [-0.2, -0.15) is 0 Å². The number of carbonyl (C=O) groups is 1. The number of carbonyl (C=O) groups excluding carboxylic acids is 1. The summed E-state index contributed by atoms with van der Waals surface area (Å²) in [5.74, 6) is 5.10. The van der Waals surface area contributed by atoms with Gasteiger partial charge in [-0.05, 0) is 0 Å². The van der Waals surface area contributed by atoms with Gasteiger partial charge in [0.15, 0.2) is 17.2 Å². The van der Waals surface area contributed by atoms with Crippen LogP contribution in [0.15, 0.2) is 16.9 Å². The van der Waals surface area contributed by atoms with Crippen molar-refractivity contribution in [3.63, 3.8) is 0 Å². The van der Waals surface area contributed by atoms with Crippen molar-refractivity contribution in [3.05, 3.63) is 28.2 Å². The molecule has 2 aromatic rings. The second kappa shape index (κ2) is 4.94. The van der Waals surface area contributed by atoms with Crippen LogP contribution >= 0.6 is 0 Å². The van der Waals surface area contributed by atoms with Gasteiger partial charge >= 0.3 is 0 Å². The predicted octanol–water partition coefficient (Wildman–Crippen LogP) is -0.456. The largest absolute Gasteiger partial charge is 0.493 e. The molecule has 0 saturated carbocycles. The summed E-state index contributed by atoms with van der Waals surface area (Å²) < 4.78 is 10.2. The summed E-state index contributed by atoms with van der Waals surface area (Å²) in [6.07, 6.45) is 0. The molecule has 0 saturated heterocycles. The summed E-state index contributed by atoms with van der Waals surface area (Å²) in [5.41, 5.74) is 1.72. The molecule has 0 atom stereocenters. The Morgan fingerprint density at radius 3 is 2.53 bits per heavy atom. The van der Waals surface area contributed by atoms with Crippen molar-refractivity contribution < 1.29 is 14.3 Å². The quantitative estimate of drug-likeness (QED) is 0.392. The Kier molecular flexibility index (Phi) is 3.34. The molecule has 8 nitrogen and oxygen atoms in total. The predicted molar refractivity (Wildman–Crippen MR) is 67.1 cm³/mol. The summed E-state index contributed by atoms with van der Waals surface area (Å²) in [6.45, 7) is 0. The number of nitrogens with two attached hydrogens (primary N) is 1. The maximum atomic E-state index is 11.7. The highest BCUT2D eigenvalue weighted by Crippen LogP contribution is 2.29. The van der Waals surface area contributed by atoms with Crippen LogP contribution in [-0.2, 0) is 0 Å². The van der Waals surface area contributed by atoms with Crippen molar-refractivity contribution in [2.24, 2.45) is 5.84 Å². The van der Waals surface area contributed by atoms with Gasteiger partial charge in [0.2, 0.25) is 0 Å². The number of hydrogen-bond donors (Lipinski definition) is 3. The Balaban J connectivity index is 2.72. The Morgan fingerprint density at radius 1 is 1.32 bits per heavy atom. The number of H-pyrrole nitrogens is 1. The number of aromatic nitrogens is 2. The maximum absolute atomic E-state index is 11.7. The third kappa shape index (κ3) is 2.20. The van der Waals surface area contributed by atoms with Crippen molar-refractivity contribution >= 4 is 16.9 Å². The molecule has 1 aromatic carbocycles. The van der Waals surface area contributed by atoms with Crippen LogP contribution in [0, 0.1) is 0 Å². The first kappa shape index (κ1) is 12.8. The summed E-state index contributed by atoms with van der Waals surface area (Å²) in [6, 6.07) is 3.12. The number of benzene rings is 1. The molecule has 19 heavy (non-hydrogen) atoms. The first-order valence-electron chi connectivity index (χ1n) is 5.27. The number of aromatic amines is 1. The van der Waals surface area contributed by atoms with E-state index in [0.29, 0.717) is 22.5 Å². The Hall–Kier alpha value is -2.61. The van der Waals surface area contributed by atoms with Crippen molar-refractivity contribution in [2.75, 3.05) is 14.2 Å². The zero-order chi connectivity index (χ0) is 14.0. The average Bonchev–Trinajstić information content (AvgIpc) is 2.44. The van der Waals surface area contributed by atoms with E-state index in [1.54, 1.807) is 12.1 Å². The fraction of sp³-hybridized carbons (Fsp3) is 0.182. The molecule has 0 unspecified atom stereocenters. The van der Waals surface area contributed by atoms with E-state index >= 15 is 0 Å². The monoisotopic (exact) mass is 264 g/mol. The van der Waals surface area contributed by atoms with Gasteiger partial charge in [0.05, 0.1) is 25.3 Å². The molecule has 0 fully saturated rings. The standard InChI is InChI=1S/C11H12N4O4/c1-18-7-3-5-6(4-8(7)19-2)14-10(16)9(13-5)11(17)15-12/h3-4H,12H2,1-2H3,(H,14,16)(H,15,17). The molecule has 0 aliphatic carbocycles. The number of ether oxygens (including phenoxy) is 2. The first-order chi connectivity index (χ1) is 9.10. The summed E-state index contributed by atoms with van der Waals surface area (Å²) in [7, 11) is 2.95. The van der Waals surface area contributed by atoms with E-state index in [4.69, 9.17) is 15.3 Å². The molecule has 1 aromatic heterocycles. The lowest BCUT2D eigenvalue weighted by atomic mass is 10.2. The van der Waals surface area contributed by atoms with E-state index in [1.807, 2.05) is 5.43 Å². The number of nitrogens with zero attached hydrogens (tertiary/aromatic N) is 1. The van der Waals surface area contributed by atoms with E-state index in [-0.39, 0.29) is 5.69 Å². The van der Waals surface area contributed by atoms with Crippen molar-refractivity contribution in [1.82, 2.24) is 15.4 Å². The first-order valence-corrected chi connectivity index (χ1v) is 5.27. The summed E-state index contributed by atoms with van der Waals surface area (Å²) in [4.78, 5) is 29.5. The van der Waals surface area contributed by atoms with E-state index in [9.17, 15) is 9.59 Å². The van der Waals surface area contributed by atoms with Crippen LogP contribution in [-0.4, -0.2) is 30.1 Å². The fourth-order valence-electron chi connectivity index (χ4n) is 1.64. The highest BCUT2D eigenvalue weighted by Gasteiger charge is 2.14. The number of fused-ring (bicyclic) bond motifs is 1. The highest BCUT2D eigenvalue weighted by atomic mass is 16.5. The molecule has 8 heteroatoms. The second-order valence-corrected chi connectivity index (χ2v) is 3.61. The van der Waals surface area contributed by atoms with E-state index in [2.05, 4.69) is 9.97 Å². The van der Waals surface area contributed by atoms with Gasteiger partial charge in [0.1, 0.15) is 0 Å². The van der Waals surface area contributed by atoms with E-state index < -0.39 is 11.5 Å². The Labute approximate surface area is 107 Å². The minimum absolute atomic E-state index is 0.317. The molecule has 0 bridgehead atoms. The lowest BCUT2D eigenvalue weighted by molar-refractivity contribution is 0.0947. The van der Waals surface area contributed by atoms with Crippen LogP contribution < -0.4 is 26.3 Å². The van der Waals surface area contributed by atoms with Gasteiger partial charge in [-0.15, -0.1) is 0 Å². The highest BCUT2D eigenvalue weighted by molar-refractivity contribution is 5.93. The molecule has 0 aliphatic rings. The number of methoxy groups -OCH3 is 2. The van der Waals surface area contributed by atoms with Crippen LogP contribution in [0.2, 0.25) is 0 Å². The normalized spacial score (nSPS) is 10.3. The molecule has 1 heterocycles. The van der Waals surface area contributed by atoms with Crippen LogP contribution in [0.4, 0.5) is 0 Å². The van der Waals surface area contributed by atoms with Crippen molar-refractivity contribution in [2.45, 2.75) is 0 Å². The molecule has 2 rings (SSSR count). The number of hydrazine groups is 1. The summed E-state index contributed by atoms with van der Waals surface area (Å²) >= 11 is 0. The van der Waals surface area contributed by atoms with Crippen LogP contribution in [0.1, 0.15) is 10.5 Å². The van der Waals surface area contributed by atoms with E-state index in [1.165, 1.54) is 14.2 Å². The van der Waals surface area contributed by atoms with Gasteiger partial charge < -0.3 is 14.5 Å². The fourth-order valence-corrected chi connectivity index (χ4v) is 1.64. The third-order valence-corrected chi connectivity index (χ3v) is 2.54. The molecular weight excluding hydrogens is 252 g/mol. The Morgan fingerprint density at radius 2 is 1.95 bits per heavy atom. The smallest absolute Gasteiger partial charge is 0.289 e. The van der Waals surface area contributed by atoms with Crippen molar-refractivity contribution in [1.29, 1.82) is 0 Å². The SMILES string of the molecule is COc1cc2nc(C(=O)NN)c(=O)[nH]c2cc1OC. The van der Waals surface area contributed by atoms with Crippen molar-refractivity contribution in [3.8, 4) is 11.5 Å². The van der Waals surface area contributed by atoms with Gasteiger partial charge in [-0.1, -0.05) is 0 Å². The zero-order valence-electron chi connectivity index (χ0n) is 10.3. The van der Waals surface area contributed by atoms with Gasteiger partial charge in [-0.3, -0.25) is 15.0 Å². The van der Waals surface area contributed by atoms with Gasteiger partial charge in [0.25, 0.3) is 11.5 Å². The topological polar surface area (TPSA) is 119 Å². The van der Waals surface area contributed by atoms with Gasteiger partial charge in [0, 0.05) is 12.1 Å². The number of nitrogens with one attached hydrogen (secondary N) is 2. The zero-order valence-corrected chi connectivity index (χ0v) is 10.3. The molecular formula is C11H12N4O4. The second-order valence-electron chi connectivity index (χ2n) is 3.61. The lowest BCUT2D eigenvalue weighted by Crippen LogP contribution is -2.35. The Bertz CT molecular complexity index is 695. The van der Waals surface area contributed by atoms with Gasteiger partial charge in [-0.25, -0.2) is 10.8 Å². The molecule has 1 amide bonds. The molecule has 100 valence electrons. The number of rotatable bonds is 3. The number of amides is 1. The maximum Gasteiger partial charge on any atom is 0.289 e. The van der Waals surface area contributed by atoms with Crippen LogP contribution in [0.5, 0.6) is 11.5 Å². The molecule has 0 spiro atoms. The lowest BCUT2D eigenvalue weighted by Gasteiger charge is -2.09. The van der Waals surface area contributed by atoms with Crippen LogP contribution in [0.3, 0.4) is 0 Å². The summed E-state index contributed by atoms with van der Waals surface area (Å²) in [5, 5.41) is 0. The molecule has 0 aliphatic heterocycles. The molecule has 4 N–H and O–H groups in total. The third-order valence-electron chi connectivity index (χ3n) is 2.54.